The number of rotatable bonds is 8. The molecule has 5 nitrogen and oxygen atoms in total. The summed E-state index contributed by atoms with van der Waals surface area (Å²) in [7, 11) is 0. The molecule has 1 saturated heterocycles. The van der Waals surface area contributed by atoms with Crippen LogP contribution in [-0.2, 0) is 13.0 Å². The normalized spacial score (nSPS) is 19.4. The van der Waals surface area contributed by atoms with E-state index in [1.54, 1.807) is 0 Å². The van der Waals surface area contributed by atoms with Crippen LogP contribution in [0.2, 0.25) is 0 Å². The van der Waals surface area contributed by atoms with Crippen molar-refractivity contribution in [2.24, 2.45) is 10.4 Å². The van der Waals surface area contributed by atoms with E-state index >= 15 is 0 Å². The van der Waals surface area contributed by atoms with Crippen molar-refractivity contribution >= 4 is 5.96 Å². The van der Waals surface area contributed by atoms with Crippen LogP contribution < -0.4 is 10.6 Å². The largest absolute Gasteiger partial charge is 0.357 e. The quantitative estimate of drug-likeness (QED) is 0.520. The molecule has 0 radical (unpaired) electrons. The first-order valence-corrected chi connectivity index (χ1v) is 11.5. The SMILES string of the molecule is CCNC(=NCC1(Cc2ccccc2)CC1)NC1CCN(Cc2ccccn2)CC1. The molecule has 0 unspecified atom stereocenters. The molecule has 1 saturated carbocycles. The molecule has 1 aliphatic heterocycles. The molecular weight excluding hydrogens is 370 g/mol. The van der Waals surface area contributed by atoms with Crippen LogP contribution in [0, 0.1) is 5.41 Å². The van der Waals surface area contributed by atoms with Crippen molar-refractivity contribution in [3.05, 3.63) is 66.0 Å². The maximum atomic E-state index is 5.00. The highest BCUT2D eigenvalue weighted by Crippen LogP contribution is 2.48. The number of guanidine groups is 1. The molecule has 2 heterocycles. The summed E-state index contributed by atoms with van der Waals surface area (Å²) in [5.74, 6) is 0.986. The molecule has 2 aliphatic rings. The van der Waals surface area contributed by atoms with E-state index in [1.165, 1.54) is 18.4 Å². The minimum atomic E-state index is 0.371. The van der Waals surface area contributed by atoms with Gasteiger partial charge < -0.3 is 10.6 Å². The fourth-order valence-corrected chi connectivity index (χ4v) is 4.31. The number of hydrogen-bond acceptors (Lipinski definition) is 3. The predicted octanol–water partition coefficient (Wildman–Crippen LogP) is 3.62. The number of nitrogens with zero attached hydrogens (tertiary/aromatic N) is 3. The third kappa shape index (κ3) is 6.05. The van der Waals surface area contributed by atoms with Gasteiger partial charge in [-0.25, -0.2) is 0 Å². The third-order valence-corrected chi connectivity index (χ3v) is 6.34. The summed E-state index contributed by atoms with van der Waals surface area (Å²) in [5.41, 5.74) is 2.96. The highest BCUT2D eigenvalue weighted by atomic mass is 15.2. The maximum Gasteiger partial charge on any atom is 0.191 e. The second-order valence-electron chi connectivity index (χ2n) is 8.87. The Labute approximate surface area is 181 Å². The molecule has 0 amide bonds. The number of pyridine rings is 1. The Morgan fingerprint density at radius 3 is 2.53 bits per heavy atom. The Hall–Kier alpha value is -2.40. The molecule has 160 valence electrons. The van der Waals surface area contributed by atoms with E-state index in [-0.39, 0.29) is 0 Å². The number of hydrogen-bond donors (Lipinski definition) is 2. The molecule has 0 spiro atoms. The molecule has 1 aliphatic carbocycles. The van der Waals surface area contributed by atoms with Crippen molar-refractivity contribution < 1.29 is 0 Å². The lowest BCUT2D eigenvalue weighted by molar-refractivity contribution is 0.196. The summed E-state index contributed by atoms with van der Waals surface area (Å²) in [6.07, 6.45) is 7.89. The van der Waals surface area contributed by atoms with Gasteiger partial charge in [-0.3, -0.25) is 14.9 Å². The molecule has 4 rings (SSSR count). The van der Waals surface area contributed by atoms with Crippen molar-refractivity contribution in [1.29, 1.82) is 0 Å². The summed E-state index contributed by atoms with van der Waals surface area (Å²) in [6, 6.07) is 17.5. The minimum Gasteiger partial charge on any atom is -0.357 e. The van der Waals surface area contributed by atoms with Crippen molar-refractivity contribution in [3.8, 4) is 0 Å². The van der Waals surface area contributed by atoms with E-state index in [9.17, 15) is 0 Å². The van der Waals surface area contributed by atoms with E-state index in [0.717, 1.165) is 63.6 Å². The molecule has 2 fully saturated rings. The molecule has 0 atom stereocenters. The van der Waals surface area contributed by atoms with E-state index in [1.807, 2.05) is 12.3 Å². The number of aliphatic imine (C=N–C) groups is 1. The monoisotopic (exact) mass is 405 g/mol. The summed E-state index contributed by atoms with van der Waals surface area (Å²) < 4.78 is 0. The first-order chi connectivity index (χ1) is 14.7. The van der Waals surface area contributed by atoms with Gasteiger partial charge in [-0.2, -0.15) is 0 Å². The summed E-state index contributed by atoms with van der Waals surface area (Å²) in [6.45, 7) is 7.11. The lowest BCUT2D eigenvalue weighted by atomic mass is 9.97. The van der Waals surface area contributed by atoms with Crippen LogP contribution in [-0.4, -0.2) is 48.1 Å². The fraction of sp³-hybridized carbons (Fsp3) is 0.520. The van der Waals surface area contributed by atoms with Gasteiger partial charge in [0.15, 0.2) is 5.96 Å². The van der Waals surface area contributed by atoms with E-state index in [2.05, 4.69) is 69.9 Å². The molecule has 2 N–H and O–H groups in total. The Balaban J connectivity index is 1.26. The van der Waals surface area contributed by atoms with Crippen molar-refractivity contribution in [1.82, 2.24) is 20.5 Å². The molecule has 1 aromatic carbocycles. The zero-order valence-corrected chi connectivity index (χ0v) is 18.2. The van der Waals surface area contributed by atoms with Gasteiger partial charge in [-0.05, 0) is 62.1 Å². The van der Waals surface area contributed by atoms with Crippen LogP contribution in [0.15, 0.2) is 59.7 Å². The second-order valence-corrected chi connectivity index (χ2v) is 8.87. The Bertz CT molecular complexity index is 793. The van der Waals surface area contributed by atoms with E-state index in [0.29, 0.717) is 11.5 Å². The standard InChI is InChI=1S/C25H35N5/c1-2-26-24(28-20-25(13-14-25)18-21-8-4-3-5-9-21)29-22-11-16-30(17-12-22)19-23-10-6-7-15-27-23/h3-10,15,22H,2,11-14,16-20H2,1H3,(H2,26,28,29). The number of piperidine rings is 1. The Kier molecular flexibility index (Phi) is 7.00. The topological polar surface area (TPSA) is 52.6 Å². The molecular formula is C25H35N5. The van der Waals surface area contributed by atoms with Gasteiger partial charge in [-0.15, -0.1) is 0 Å². The van der Waals surface area contributed by atoms with Crippen LogP contribution in [0.1, 0.15) is 43.9 Å². The number of aromatic nitrogens is 1. The predicted molar refractivity (Wildman–Crippen MR) is 123 cm³/mol. The van der Waals surface area contributed by atoms with Crippen LogP contribution >= 0.6 is 0 Å². The number of nitrogens with one attached hydrogen (secondary N) is 2. The minimum absolute atomic E-state index is 0.371. The second kappa shape index (κ2) is 10.1. The summed E-state index contributed by atoms with van der Waals surface area (Å²) in [5, 5.41) is 7.16. The zero-order valence-electron chi connectivity index (χ0n) is 18.2. The number of benzene rings is 1. The van der Waals surface area contributed by atoms with Crippen molar-refractivity contribution in [3.63, 3.8) is 0 Å². The first-order valence-electron chi connectivity index (χ1n) is 11.5. The molecule has 5 heteroatoms. The Morgan fingerprint density at radius 1 is 1.10 bits per heavy atom. The van der Waals surface area contributed by atoms with Gasteiger partial charge in [0.25, 0.3) is 0 Å². The summed E-state index contributed by atoms with van der Waals surface area (Å²) >= 11 is 0. The van der Waals surface area contributed by atoms with Gasteiger partial charge in [-0.1, -0.05) is 36.4 Å². The van der Waals surface area contributed by atoms with Gasteiger partial charge in [0.2, 0.25) is 0 Å². The van der Waals surface area contributed by atoms with Gasteiger partial charge >= 0.3 is 0 Å². The average molecular weight is 406 g/mol. The smallest absolute Gasteiger partial charge is 0.191 e. The fourth-order valence-electron chi connectivity index (χ4n) is 4.31. The molecule has 2 aromatic rings. The van der Waals surface area contributed by atoms with Crippen LogP contribution in [0.25, 0.3) is 0 Å². The molecule has 30 heavy (non-hydrogen) atoms. The Morgan fingerprint density at radius 2 is 1.87 bits per heavy atom. The van der Waals surface area contributed by atoms with E-state index < -0.39 is 0 Å². The van der Waals surface area contributed by atoms with Crippen LogP contribution in [0.5, 0.6) is 0 Å². The highest BCUT2D eigenvalue weighted by molar-refractivity contribution is 5.80. The number of likely N-dealkylation sites (tertiary alicyclic amines) is 1. The van der Waals surface area contributed by atoms with Gasteiger partial charge in [0, 0.05) is 45.0 Å². The van der Waals surface area contributed by atoms with Gasteiger partial charge in [0.1, 0.15) is 0 Å². The van der Waals surface area contributed by atoms with E-state index in [4.69, 9.17) is 4.99 Å². The van der Waals surface area contributed by atoms with Crippen LogP contribution in [0.3, 0.4) is 0 Å². The molecule has 1 aromatic heterocycles. The van der Waals surface area contributed by atoms with Crippen LogP contribution in [0.4, 0.5) is 0 Å². The van der Waals surface area contributed by atoms with Crippen molar-refractivity contribution in [2.75, 3.05) is 26.2 Å². The zero-order chi connectivity index (χ0) is 20.7. The molecule has 0 bridgehead atoms. The lowest BCUT2D eigenvalue weighted by Gasteiger charge is -2.33. The third-order valence-electron chi connectivity index (χ3n) is 6.34. The average Bonchev–Trinajstić information content (AvgIpc) is 3.54. The highest BCUT2D eigenvalue weighted by Gasteiger charge is 2.42. The lowest BCUT2D eigenvalue weighted by Crippen LogP contribution is -2.48. The van der Waals surface area contributed by atoms with Gasteiger partial charge in [0.05, 0.1) is 5.69 Å². The summed E-state index contributed by atoms with van der Waals surface area (Å²) in [4.78, 5) is 12.0. The van der Waals surface area contributed by atoms with Crippen molar-refractivity contribution in [2.45, 2.75) is 51.6 Å². The first kappa shape index (κ1) is 20.9. The maximum absolute atomic E-state index is 5.00.